The number of oxime groups is 1. The van der Waals surface area contributed by atoms with Gasteiger partial charge >= 0.3 is 0 Å². The molecule has 2 aliphatic rings. The van der Waals surface area contributed by atoms with E-state index in [2.05, 4.69) is 10.5 Å². The van der Waals surface area contributed by atoms with Gasteiger partial charge in [0.05, 0.1) is 12.3 Å². The lowest BCUT2D eigenvalue weighted by molar-refractivity contribution is -0.134. The Hall–Kier alpha value is -2.37. The molecule has 2 amide bonds. The van der Waals surface area contributed by atoms with Gasteiger partial charge in [-0.15, -0.1) is 0 Å². The highest BCUT2D eigenvalue weighted by Crippen LogP contribution is 2.18. The van der Waals surface area contributed by atoms with Crippen molar-refractivity contribution in [3.8, 4) is 0 Å². The van der Waals surface area contributed by atoms with Gasteiger partial charge in [0.1, 0.15) is 6.10 Å². The molecule has 2 atom stereocenters. The summed E-state index contributed by atoms with van der Waals surface area (Å²) in [6, 6.07) is 9.70. The highest BCUT2D eigenvalue weighted by molar-refractivity contribution is 5.99. The van der Waals surface area contributed by atoms with Gasteiger partial charge < -0.3 is 15.1 Å². The van der Waals surface area contributed by atoms with E-state index in [1.54, 1.807) is 4.90 Å². The number of rotatable bonds is 3. The molecule has 0 aromatic heterocycles. The van der Waals surface area contributed by atoms with Gasteiger partial charge in [0.25, 0.3) is 0 Å². The smallest absolute Gasteiger partial charge is 0.230 e. The number of nitrogens with one attached hydrogen (secondary N) is 1. The number of nitrogens with zero attached hydrogens (tertiary/aromatic N) is 2. The first-order chi connectivity index (χ1) is 11.6. The maximum atomic E-state index is 12.5. The van der Waals surface area contributed by atoms with Crippen LogP contribution < -0.4 is 5.32 Å². The molecule has 2 heterocycles. The zero-order valence-electron chi connectivity index (χ0n) is 13.9. The third kappa shape index (κ3) is 4.13. The van der Waals surface area contributed by atoms with Crippen LogP contribution in [0, 0.1) is 5.92 Å². The Morgan fingerprint density at radius 2 is 2.12 bits per heavy atom. The molecule has 6 heteroatoms. The second kappa shape index (κ2) is 7.47. The van der Waals surface area contributed by atoms with Crippen molar-refractivity contribution in [3.05, 3.63) is 35.9 Å². The minimum Gasteiger partial charge on any atom is -0.391 e. The summed E-state index contributed by atoms with van der Waals surface area (Å²) < 4.78 is 0. The summed E-state index contributed by atoms with van der Waals surface area (Å²) in [6.45, 7) is 3.10. The fourth-order valence-corrected chi connectivity index (χ4v) is 3.12. The first-order valence-corrected chi connectivity index (χ1v) is 8.47. The molecule has 128 valence electrons. The van der Waals surface area contributed by atoms with Crippen molar-refractivity contribution in [1.82, 2.24) is 10.2 Å². The SMILES string of the molecule is C[C@@H]1CC(NC(=O)[C@H]2CCCN(C(=O)Cc3ccccc3)C2)=NO1. The van der Waals surface area contributed by atoms with E-state index in [4.69, 9.17) is 4.84 Å². The second-order valence-corrected chi connectivity index (χ2v) is 6.49. The Bertz CT molecular complexity index is 630. The number of hydrogen-bond acceptors (Lipinski definition) is 4. The lowest BCUT2D eigenvalue weighted by atomic mass is 9.96. The summed E-state index contributed by atoms with van der Waals surface area (Å²) in [5, 5.41) is 6.70. The standard InChI is InChI=1S/C18H23N3O3/c1-13-10-16(20-24-13)19-18(23)15-8-5-9-21(12-15)17(22)11-14-6-3-2-4-7-14/h2-4,6-7,13,15H,5,8-12H2,1H3,(H,19,20,23)/t13-,15+/m1/s1. The van der Waals surface area contributed by atoms with E-state index in [9.17, 15) is 9.59 Å². The summed E-state index contributed by atoms with van der Waals surface area (Å²) >= 11 is 0. The van der Waals surface area contributed by atoms with E-state index in [0.717, 1.165) is 24.9 Å². The van der Waals surface area contributed by atoms with Gasteiger partial charge in [-0.1, -0.05) is 35.5 Å². The Morgan fingerprint density at radius 1 is 1.33 bits per heavy atom. The molecule has 1 saturated heterocycles. The Balaban J connectivity index is 1.53. The van der Waals surface area contributed by atoms with Crippen LogP contribution in [0.3, 0.4) is 0 Å². The molecule has 1 aromatic rings. The number of benzene rings is 1. The van der Waals surface area contributed by atoms with Crippen LogP contribution in [-0.4, -0.2) is 41.7 Å². The molecule has 0 saturated carbocycles. The topological polar surface area (TPSA) is 71.0 Å². The summed E-state index contributed by atoms with van der Waals surface area (Å²) in [7, 11) is 0. The maximum absolute atomic E-state index is 12.5. The van der Waals surface area contributed by atoms with Crippen LogP contribution in [0.2, 0.25) is 0 Å². The minimum atomic E-state index is -0.183. The van der Waals surface area contributed by atoms with E-state index in [1.165, 1.54) is 0 Å². The third-order valence-electron chi connectivity index (χ3n) is 4.43. The highest BCUT2D eigenvalue weighted by atomic mass is 16.6. The zero-order valence-corrected chi connectivity index (χ0v) is 13.9. The first-order valence-electron chi connectivity index (χ1n) is 8.47. The van der Waals surface area contributed by atoms with Crippen LogP contribution in [0.1, 0.15) is 31.7 Å². The highest BCUT2D eigenvalue weighted by Gasteiger charge is 2.30. The predicted octanol–water partition coefficient (Wildman–Crippen LogP) is 1.71. The molecule has 3 rings (SSSR count). The van der Waals surface area contributed by atoms with Gasteiger partial charge in [-0.2, -0.15) is 0 Å². The van der Waals surface area contributed by atoms with Crippen LogP contribution in [0.15, 0.2) is 35.5 Å². The van der Waals surface area contributed by atoms with Crippen molar-refractivity contribution >= 4 is 17.6 Å². The number of carbonyl (C=O) groups is 2. The first kappa shape index (κ1) is 16.5. The summed E-state index contributed by atoms with van der Waals surface area (Å²) in [5.74, 6) is 0.412. The summed E-state index contributed by atoms with van der Waals surface area (Å²) in [4.78, 5) is 31.8. The average molecular weight is 329 g/mol. The molecule has 24 heavy (non-hydrogen) atoms. The van der Waals surface area contributed by atoms with Crippen molar-refractivity contribution in [1.29, 1.82) is 0 Å². The fourth-order valence-electron chi connectivity index (χ4n) is 3.12. The molecule has 0 aliphatic carbocycles. The van der Waals surface area contributed by atoms with Crippen LogP contribution in [0.4, 0.5) is 0 Å². The average Bonchev–Trinajstić information content (AvgIpc) is 3.00. The number of amides is 2. The lowest BCUT2D eigenvalue weighted by Crippen LogP contribution is -2.47. The van der Waals surface area contributed by atoms with Crippen molar-refractivity contribution in [3.63, 3.8) is 0 Å². The van der Waals surface area contributed by atoms with Crippen LogP contribution in [-0.2, 0) is 20.8 Å². The largest absolute Gasteiger partial charge is 0.391 e. The number of amidine groups is 1. The number of hydrogen-bond donors (Lipinski definition) is 1. The van der Waals surface area contributed by atoms with Crippen LogP contribution in [0.5, 0.6) is 0 Å². The van der Waals surface area contributed by atoms with Crippen molar-refractivity contribution in [2.24, 2.45) is 11.1 Å². The number of carbonyl (C=O) groups excluding carboxylic acids is 2. The van der Waals surface area contributed by atoms with Gasteiger partial charge in [0.15, 0.2) is 5.84 Å². The molecule has 2 aliphatic heterocycles. The Kier molecular flexibility index (Phi) is 5.13. The number of piperidine rings is 1. The summed E-state index contributed by atoms with van der Waals surface area (Å²) in [6.07, 6.45) is 2.65. The molecule has 1 aromatic carbocycles. The normalized spacial score (nSPS) is 23.4. The van der Waals surface area contributed by atoms with E-state index in [1.807, 2.05) is 37.3 Å². The van der Waals surface area contributed by atoms with E-state index in [0.29, 0.717) is 25.2 Å². The van der Waals surface area contributed by atoms with Crippen LogP contribution >= 0.6 is 0 Å². The molecule has 0 bridgehead atoms. The number of likely N-dealkylation sites (tertiary alicyclic amines) is 1. The van der Waals surface area contributed by atoms with E-state index >= 15 is 0 Å². The second-order valence-electron chi connectivity index (χ2n) is 6.49. The Morgan fingerprint density at radius 3 is 2.83 bits per heavy atom. The monoisotopic (exact) mass is 329 g/mol. The molecule has 0 spiro atoms. The molecule has 0 unspecified atom stereocenters. The van der Waals surface area contributed by atoms with Crippen molar-refractivity contribution < 1.29 is 14.4 Å². The fraction of sp³-hybridized carbons (Fsp3) is 0.500. The molecular formula is C18H23N3O3. The maximum Gasteiger partial charge on any atom is 0.230 e. The molecule has 1 N–H and O–H groups in total. The molecule has 0 radical (unpaired) electrons. The third-order valence-corrected chi connectivity index (χ3v) is 4.43. The molecule has 6 nitrogen and oxygen atoms in total. The van der Waals surface area contributed by atoms with Gasteiger partial charge in [0, 0.05) is 19.5 Å². The predicted molar refractivity (Wildman–Crippen MR) is 90.2 cm³/mol. The van der Waals surface area contributed by atoms with Gasteiger partial charge in [-0.3, -0.25) is 9.59 Å². The minimum absolute atomic E-state index is 0.00982. The lowest BCUT2D eigenvalue weighted by Gasteiger charge is -2.32. The van der Waals surface area contributed by atoms with Gasteiger partial charge in [-0.05, 0) is 25.3 Å². The zero-order chi connectivity index (χ0) is 16.9. The van der Waals surface area contributed by atoms with E-state index in [-0.39, 0.29) is 23.8 Å². The molecular weight excluding hydrogens is 306 g/mol. The quantitative estimate of drug-likeness (QED) is 0.917. The summed E-state index contributed by atoms with van der Waals surface area (Å²) in [5.41, 5.74) is 1.00. The van der Waals surface area contributed by atoms with Gasteiger partial charge in [-0.25, -0.2) is 0 Å². The van der Waals surface area contributed by atoms with E-state index < -0.39 is 0 Å². The Labute approximate surface area is 141 Å². The van der Waals surface area contributed by atoms with Crippen molar-refractivity contribution in [2.75, 3.05) is 13.1 Å². The molecule has 1 fully saturated rings. The van der Waals surface area contributed by atoms with Crippen LogP contribution in [0.25, 0.3) is 0 Å². The van der Waals surface area contributed by atoms with Crippen molar-refractivity contribution in [2.45, 2.75) is 38.7 Å². The van der Waals surface area contributed by atoms with Gasteiger partial charge in [0.2, 0.25) is 11.8 Å².